The average molecular weight is 319 g/mol. The summed E-state index contributed by atoms with van der Waals surface area (Å²) in [5.74, 6) is -1.16. The average Bonchev–Trinajstić information content (AvgIpc) is 3.37. The summed E-state index contributed by atoms with van der Waals surface area (Å²) in [5.41, 5.74) is 0.927. The zero-order valence-electron chi connectivity index (χ0n) is 13.3. The molecule has 1 atom stereocenters. The highest BCUT2D eigenvalue weighted by molar-refractivity contribution is 6.35. The van der Waals surface area contributed by atoms with Crippen LogP contribution in [0.3, 0.4) is 0 Å². The van der Waals surface area contributed by atoms with Gasteiger partial charge in [0.05, 0.1) is 0 Å². The van der Waals surface area contributed by atoms with E-state index in [9.17, 15) is 14.0 Å². The van der Waals surface area contributed by atoms with Crippen LogP contribution in [0.2, 0.25) is 0 Å². The lowest BCUT2D eigenvalue weighted by molar-refractivity contribution is -0.147. The molecule has 1 aromatic rings. The third-order valence-corrected chi connectivity index (χ3v) is 4.59. The maximum Gasteiger partial charge on any atom is 0.311 e. The molecule has 2 fully saturated rings. The van der Waals surface area contributed by atoms with Crippen LogP contribution in [0.5, 0.6) is 0 Å². The predicted octanol–water partition coefficient (Wildman–Crippen LogP) is 1.31. The minimum atomic E-state index is -0.487. The molecule has 5 nitrogen and oxygen atoms in total. The van der Waals surface area contributed by atoms with E-state index in [0.29, 0.717) is 26.2 Å². The topological polar surface area (TPSA) is 52.7 Å². The maximum atomic E-state index is 13.3. The maximum absolute atomic E-state index is 13.3. The van der Waals surface area contributed by atoms with Crippen LogP contribution in [0, 0.1) is 5.82 Å². The fourth-order valence-electron chi connectivity index (χ4n) is 2.91. The first-order valence-electron chi connectivity index (χ1n) is 8.14. The molecule has 1 saturated carbocycles. The molecule has 1 aliphatic carbocycles. The second kappa shape index (κ2) is 6.66. The van der Waals surface area contributed by atoms with Crippen LogP contribution in [-0.2, 0) is 9.59 Å². The van der Waals surface area contributed by atoms with Crippen molar-refractivity contribution in [2.45, 2.75) is 31.8 Å². The second-order valence-electron chi connectivity index (χ2n) is 6.31. The van der Waals surface area contributed by atoms with Crippen molar-refractivity contribution >= 4 is 11.8 Å². The van der Waals surface area contributed by atoms with Crippen molar-refractivity contribution in [2.75, 3.05) is 26.2 Å². The second-order valence-corrected chi connectivity index (χ2v) is 6.31. The quantitative estimate of drug-likeness (QED) is 0.855. The molecular formula is C17H22FN3O2. The number of rotatable bonds is 3. The molecule has 1 heterocycles. The molecule has 6 heteroatoms. The van der Waals surface area contributed by atoms with Crippen LogP contribution in [0.15, 0.2) is 24.3 Å². The molecule has 0 spiro atoms. The van der Waals surface area contributed by atoms with Crippen LogP contribution in [0.1, 0.15) is 31.4 Å². The molecule has 0 bridgehead atoms. The highest BCUT2D eigenvalue weighted by Gasteiger charge is 2.31. The van der Waals surface area contributed by atoms with E-state index in [2.05, 4.69) is 10.2 Å². The van der Waals surface area contributed by atoms with Gasteiger partial charge in [-0.05, 0) is 37.5 Å². The Balaban J connectivity index is 1.53. The number of hydrogen-bond acceptors (Lipinski definition) is 3. The number of benzene rings is 1. The Morgan fingerprint density at radius 1 is 1.22 bits per heavy atom. The molecule has 2 aliphatic rings. The minimum Gasteiger partial charge on any atom is -0.345 e. The first-order valence-corrected chi connectivity index (χ1v) is 8.14. The van der Waals surface area contributed by atoms with E-state index in [-0.39, 0.29) is 17.9 Å². The van der Waals surface area contributed by atoms with Gasteiger partial charge in [0.1, 0.15) is 5.82 Å². The zero-order valence-corrected chi connectivity index (χ0v) is 13.3. The van der Waals surface area contributed by atoms with E-state index in [4.69, 9.17) is 0 Å². The predicted molar refractivity (Wildman–Crippen MR) is 84.1 cm³/mol. The van der Waals surface area contributed by atoms with Crippen molar-refractivity contribution in [3.05, 3.63) is 35.6 Å². The lowest BCUT2D eigenvalue weighted by atomic mass is 10.1. The Labute approximate surface area is 135 Å². The number of nitrogens with one attached hydrogen (secondary N) is 1. The monoisotopic (exact) mass is 319 g/mol. The van der Waals surface area contributed by atoms with Crippen LogP contribution >= 0.6 is 0 Å². The standard InChI is InChI=1S/C17H22FN3O2/c1-12(13-3-2-4-14(18)11-13)20-7-9-21(10-8-20)17(23)16(22)19-15-5-6-15/h2-4,11-12,15H,5-10H2,1H3,(H,19,22)/t12-/m0/s1. The number of halogens is 1. The summed E-state index contributed by atoms with van der Waals surface area (Å²) < 4.78 is 13.3. The van der Waals surface area contributed by atoms with Crippen LogP contribution in [0.25, 0.3) is 0 Å². The van der Waals surface area contributed by atoms with E-state index in [1.54, 1.807) is 17.0 Å². The van der Waals surface area contributed by atoms with E-state index >= 15 is 0 Å². The Kier molecular flexibility index (Phi) is 4.61. The Hall–Kier alpha value is -1.95. The number of piperazine rings is 1. The van der Waals surface area contributed by atoms with Crippen molar-refractivity contribution in [1.82, 2.24) is 15.1 Å². The SMILES string of the molecule is C[C@@H](c1cccc(F)c1)N1CCN(C(=O)C(=O)NC2CC2)CC1. The van der Waals surface area contributed by atoms with Gasteiger partial charge in [-0.25, -0.2) is 4.39 Å². The lowest BCUT2D eigenvalue weighted by Gasteiger charge is -2.37. The molecule has 3 rings (SSSR count). The number of amides is 2. The van der Waals surface area contributed by atoms with Crippen molar-refractivity contribution in [3.63, 3.8) is 0 Å². The number of carbonyl (C=O) groups is 2. The van der Waals surface area contributed by atoms with Gasteiger partial charge >= 0.3 is 11.8 Å². The molecule has 1 saturated heterocycles. The molecule has 23 heavy (non-hydrogen) atoms. The van der Waals surface area contributed by atoms with Gasteiger partial charge in [-0.2, -0.15) is 0 Å². The molecule has 2 amide bonds. The van der Waals surface area contributed by atoms with Crippen LogP contribution in [0.4, 0.5) is 4.39 Å². The van der Waals surface area contributed by atoms with E-state index in [0.717, 1.165) is 18.4 Å². The molecule has 1 N–H and O–H groups in total. The molecule has 1 aromatic carbocycles. The summed E-state index contributed by atoms with van der Waals surface area (Å²) in [7, 11) is 0. The van der Waals surface area contributed by atoms with Gasteiger partial charge in [-0.1, -0.05) is 12.1 Å². The summed E-state index contributed by atoms with van der Waals surface area (Å²) in [6.45, 7) is 4.44. The molecule has 0 radical (unpaired) electrons. The van der Waals surface area contributed by atoms with E-state index in [1.807, 2.05) is 13.0 Å². The number of nitrogens with zero attached hydrogens (tertiary/aromatic N) is 2. The van der Waals surface area contributed by atoms with E-state index in [1.165, 1.54) is 6.07 Å². The highest BCUT2D eigenvalue weighted by atomic mass is 19.1. The summed E-state index contributed by atoms with van der Waals surface area (Å²) in [6, 6.07) is 6.89. The molecule has 0 unspecified atom stereocenters. The summed E-state index contributed by atoms with van der Waals surface area (Å²) >= 11 is 0. The normalized spacial score (nSPS) is 20.2. The Morgan fingerprint density at radius 3 is 2.52 bits per heavy atom. The largest absolute Gasteiger partial charge is 0.345 e. The highest BCUT2D eigenvalue weighted by Crippen LogP contribution is 2.22. The molecule has 0 aromatic heterocycles. The summed E-state index contributed by atoms with van der Waals surface area (Å²) in [4.78, 5) is 27.7. The molecule has 1 aliphatic heterocycles. The summed E-state index contributed by atoms with van der Waals surface area (Å²) in [5, 5.41) is 2.73. The third-order valence-electron chi connectivity index (χ3n) is 4.59. The fourth-order valence-corrected chi connectivity index (χ4v) is 2.91. The fraction of sp³-hybridized carbons (Fsp3) is 0.529. The van der Waals surface area contributed by atoms with Crippen molar-refractivity contribution in [3.8, 4) is 0 Å². The van der Waals surface area contributed by atoms with Crippen LogP contribution < -0.4 is 5.32 Å². The van der Waals surface area contributed by atoms with Crippen molar-refractivity contribution in [1.29, 1.82) is 0 Å². The first-order chi connectivity index (χ1) is 11.0. The number of carbonyl (C=O) groups excluding carboxylic acids is 2. The van der Waals surface area contributed by atoms with E-state index < -0.39 is 11.8 Å². The molecular weight excluding hydrogens is 297 g/mol. The smallest absolute Gasteiger partial charge is 0.311 e. The first kappa shape index (κ1) is 15.9. The third kappa shape index (κ3) is 3.88. The lowest BCUT2D eigenvalue weighted by Crippen LogP contribution is -2.53. The van der Waals surface area contributed by atoms with Gasteiger partial charge in [0.25, 0.3) is 0 Å². The van der Waals surface area contributed by atoms with Crippen molar-refractivity contribution in [2.24, 2.45) is 0 Å². The van der Waals surface area contributed by atoms with Gasteiger partial charge in [-0.3, -0.25) is 14.5 Å². The van der Waals surface area contributed by atoms with Gasteiger partial charge in [0, 0.05) is 38.3 Å². The number of hydrogen-bond donors (Lipinski definition) is 1. The Morgan fingerprint density at radius 2 is 1.91 bits per heavy atom. The van der Waals surface area contributed by atoms with Crippen molar-refractivity contribution < 1.29 is 14.0 Å². The van der Waals surface area contributed by atoms with Gasteiger partial charge in [-0.15, -0.1) is 0 Å². The minimum absolute atomic E-state index is 0.0863. The summed E-state index contributed by atoms with van der Waals surface area (Å²) in [6.07, 6.45) is 1.94. The van der Waals surface area contributed by atoms with Gasteiger partial charge in [0.15, 0.2) is 0 Å². The van der Waals surface area contributed by atoms with Gasteiger partial charge in [0.2, 0.25) is 0 Å². The molecule has 124 valence electrons. The zero-order chi connectivity index (χ0) is 16.4. The Bertz CT molecular complexity index is 595. The van der Waals surface area contributed by atoms with Crippen LogP contribution in [-0.4, -0.2) is 53.8 Å². The van der Waals surface area contributed by atoms with Gasteiger partial charge < -0.3 is 10.2 Å².